The van der Waals surface area contributed by atoms with E-state index in [4.69, 9.17) is 23.2 Å². The minimum Gasteiger partial charge on any atom is -0.361 e. The molecule has 26 heavy (non-hydrogen) atoms. The first-order valence-corrected chi connectivity index (χ1v) is 9.12. The molecule has 0 aromatic heterocycles. The second kappa shape index (κ2) is 6.78. The summed E-state index contributed by atoms with van der Waals surface area (Å²) >= 11 is 12.2. The molecule has 2 aliphatic heterocycles. The summed E-state index contributed by atoms with van der Waals surface area (Å²) in [6, 6.07) is 15.2. The van der Waals surface area contributed by atoms with Gasteiger partial charge in [0.2, 0.25) is 0 Å². The molecule has 2 aromatic carbocycles. The Labute approximate surface area is 161 Å². The summed E-state index contributed by atoms with van der Waals surface area (Å²) in [5.41, 5.74) is 3.56. The van der Waals surface area contributed by atoms with E-state index in [9.17, 15) is 9.59 Å². The normalized spacial score (nSPS) is 17.2. The Morgan fingerprint density at radius 2 is 1.58 bits per heavy atom. The van der Waals surface area contributed by atoms with Crippen LogP contribution in [0.15, 0.2) is 59.3 Å². The van der Waals surface area contributed by atoms with E-state index >= 15 is 0 Å². The molecule has 0 saturated heterocycles. The standard InChI is InChI=1S/C20H16Cl2N2O2/c21-16-7-5-13(6-8-16)11-24-19(25)17(22)18(20(24)26)23-10-9-14-3-1-2-4-15(14)12-23/h1-8H,9-12H2. The average Bonchev–Trinajstić information content (AvgIpc) is 2.86. The number of halogens is 2. The Kier molecular flexibility index (Phi) is 4.47. The molecule has 0 N–H and O–H groups in total. The monoisotopic (exact) mass is 386 g/mol. The Morgan fingerprint density at radius 3 is 2.31 bits per heavy atom. The van der Waals surface area contributed by atoms with Gasteiger partial charge in [-0.2, -0.15) is 0 Å². The lowest BCUT2D eigenvalue weighted by molar-refractivity contribution is -0.138. The molecule has 2 aromatic rings. The maximum absolute atomic E-state index is 12.9. The van der Waals surface area contributed by atoms with Gasteiger partial charge >= 0.3 is 0 Å². The zero-order valence-corrected chi connectivity index (χ0v) is 15.4. The maximum Gasteiger partial charge on any atom is 0.279 e. The van der Waals surface area contributed by atoms with Crippen LogP contribution in [0.3, 0.4) is 0 Å². The van der Waals surface area contributed by atoms with Gasteiger partial charge in [0.25, 0.3) is 11.8 Å². The van der Waals surface area contributed by atoms with Gasteiger partial charge in [-0.05, 0) is 35.2 Å². The number of benzene rings is 2. The molecule has 0 fully saturated rings. The summed E-state index contributed by atoms with van der Waals surface area (Å²) < 4.78 is 0. The highest BCUT2D eigenvalue weighted by molar-refractivity contribution is 6.47. The topological polar surface area (TPSA) is 40.6 Å². The zero-order valence-electron chi connectivity index (χ0n) is 13.9. The highest BCUT2D eigenvalue weighted by atomic mass is 35.5. The van der Waals surface area contributed by atoms with E-state index < -0.39 is 5.91 Å². The molecule has 0 spiro atoms. The summed E-state index contributed by atoms with van der Waals surface area (Å²) in [4.78, 5) is 28.6. The molecule has 0 unspecified atom stereocenters. The summed E-state index contributed by atoms with van der Waals surface area (Å²) in [5, 5.41) is 0.611. The second-order valence-electron chi connectivity index (χ2n) is 6.43. The Bertz CT molecular complexity index is 922. The van der Waals surface area contributed by atoms with Gasteiger partial charge in [0.1, 0.15) is 10.7 Å². The van der Waals surface area contributed by atoms with E-state index in [-0.39, 0.29) is 17.5 Å². The van der Waals surface area contributed by atoms with Crippen LogP contribution in [0.4, 0.5) is 0 Å². The third kappa shape index (κ3) is 3.00. The van der Waals surface area contributed by atoms with Crippen molar-refractivity contribution in [1.29, 1.82) is 0 Å². The van der Waals surface area contributed by atoms with Crippen molar-refractivity contribution in [3.8, 4) is 0 Å². The van der Waals surface area contributed by atoms with Crippen molar-refractivity contribution in [1.82, 2.24) is 9.80 Å². The van der Waals surface area contributed by atoms with Crippen LogP contribution in [-0.4, -0.2) is 28.2 Å². The van der Waals surface area contributed by atoms with E-state index in [1.807, 2.05) is 23.1 Å². The summed E-state index contributed by atoms with van der Waals surface area (Å²) in [6.45, 7) is 1.42. The smallest absolute Gasteiger partial charge is 0.279 e. The molecule has 4 rings (SSSR count). The molecule has 132 valence electrons. The molecule has 0 atom stereocenters. The van der Waals surface area contributed by atoms with E-state index in [1.165, 1.54) is 10.5 Å². The minimum absolute atomic E-state index is 0.00310. The fourth-order valence-electron chi connectivity index (χ4n) is 3.41. The Hall–Kier alpha value is -2.30. The molecule has 0 saturated carbocycles. The van der Waals surface area contributed by atoms with Crippen LogP contribution in [0.2, 0.25) is 5.02 Å². The average molecular weight is 387 g/mol. The van der Waals surface area contributed by atoms with Crippen LogP contribution in [0.1, 0.15) is 16.7 Å². The fraction of sp³-hybridized carbons (Fsp3) is 0.200. The number of rotatable bonds is 3. The number of nitrogens with zero attached hydrogens (tertiary/aromatic N) is 2. The Morgan fingerprint density at radius 1 is 0.885 bits per heavy atom. The minimum atomic E-state index is -0.444. The number of fused-ring (bicyclic) bond motifs is 1. The third-order valence-corrected chi connectivity index (χ3v) is 5.38. The lowest BCUT2D eigenvalue weighted by atomic mass is 9.99. The van der Waals surface area contributed by atoms with Crippen molar-refractivity contribution in [2.24, 2.45) is 0 Å². The molecular weight excluding hydrogens is 371 g/mol. The first-order valence-electron chi connectivity index (χ1n) is 8.37. The fourth-order valence-corrected chi connectivity index (χ4v) is 3.84. The van der Waals surface area contributed by atoms with Crippen LogP contribution in [0, 0.1) is 0 Å². The lowest BCUT2D eigenvalue weighted by Gasteiger charge is -2.31. The third-order valence-electron chi connectivity index (χ3n) is 4.79. The van der Waals surface area contributed by atoms with Crippen LogP contribution >= 0.6 is 23.2 Å². The lowest BCUT2D eigenvalue weighted by Crippen LogP contribution is -2.37. The highest BCUT2D eigenvalue weighted by Gasteiger charge is 2.40. The number of carbonyl (C=O) groups is 2. The molecule has 0 aliphatic carbocycles. The van der Waals surface area contributed by atoms with Gasteiger partial charge in [-0.25, -0.2) is 0 Å². The molecule has 6 heteroatoms. The number of carbonyl (C=O) groups excluding carboxylic acids is 2. The quantitative estimate of drug-likeness (QED) is 0.754. The van der Waals surface area contributed by atoms with Gasteiger partial charge in [-0.15, -0.1) is 0 Å². The maximum atomic E-state index is 12.9. The van der Waals surface area contributed by atoms with Gasteiger partial charge in [0.15, 0.2) is 0 Å². The number of imide groups is 1. The van der Waals surface area contributed by atoms with Crippen LogP contribution in [0.25, 0.3) is 0 Å². The van der Waals surface area contributed by atoms with Crippen LogP contribution in [0.5, 0.6) is 0 Å². The van der Waals surface area contributed by atoms with Gasteiger partial charge < -0.3 is 4.90 Å². The number of amides is 2. The van der Waals surface area contributed by atoms with Crippen molar-refractivity contribution in [3.05, 3.63) is 81.0 Å². The molecule has 0 radical (unpaired) electrons. The van der Waals surface area contributed by atoms with E-state index in [0.717, 1.165) is 17.5 Å². The predicted molar refractivity (Wildman–Crippen MR) is 100 cm³/mol. The van der Waals surface area contributed by atoms with Gasteiger partial charge in [-0.3, -0.25) is 14.5 Å². The van der Waals surface area contributed by atoms with Crippen molar-refractivity contribution in [3.63, 3.8) is 0 Å². The summed E-state index contributed by atoms with van der Waals surface area (Å²) in [6.07, 6.45) is 0.822. The van der Waals surface area contributed by atoms with Crippen molar-refractivity contribution in [2.75, 3.05) is 6.54 Å². The molecule has 0 bridgehead atoms. The van der Waals surface area contributed by atoms with E-state index in [2.05, 4.69) is 6.07 Å². The van der Waals surface area contributed by atoms with Gasteiger partial charge in [0, 0.05) is 18.1 Å². The summed E-state index contributed by atoms with van der Waals surface area (Å²) in [7, 11) is 0. The first kappa shape index (κ1) is 17.1. The van der Waals surface area contributed by atoms with E-state index in [0.29, 0.717) is 23.8 Å². The van der Waals surface area contributed by atoms with Crippen molar-refractivity contribution in [2.45, 2.75) is 19.5 Å². The molecule has 2 heterocycles. The highest BCUT2D eigenvalue weighted by Crippen LogP contribution is 2.31. The summed E-state index contributed by atoms with van der Waals surface area (Å²) in [5.74, 6) is -0.783. The predicted octanol–water partition coefficient (Wildman–Crippen LogP) is 3.72. The number of hydrogen-bond donors (Lipinski definition) is 0. The molecule has 2 amide bonds. The Balaban J connectivity index is 1.57. The van der Waals surface area contributed by atoms with Crippen molar-refractivity contribution < 1.29 is 9.59 Å². The van der Waals surface area contributed by atoms with Crippen molar-refractivity contribution >= 4 is 35.0 Å². The molecular formula is C20H16Cl2N2O2. The zero-order chi connectivity index (χ0) is 18.3. The van der Waals surface area contributed by atoms with Gasteiger partial charge in [-0.1, -0.05) is 59.6 Å². The molecule has 4 nitrogen and oxygen atoms in total. The number of hydrogen-bond acceptors (Lipinski definition) is 3. The molecule has 2 aliphatic rings. The largest absolute Gasteiger partial charge is 0.361 e. The van der Waals surface area contributed by atoms with Gasteiger partial charge in [0.05, 0.1) is 6.54 Å². The van der Waals surface area contributed by atoms with Crippen LogP contribution in [-0.2, 0) is 29.1 Å². The SMILES string of the molecule is O=C1C(Cl)=C(N2CCc3ccccc3C2)C(=O)N1Cc1ccc(Cl)cc1. The van der Waals surface area contributed by atoms with E-state index in [1.54, 1.807) is 24.3 Å². The first-order chi connectivity index (χ1) is 12.5. The van der Waals surface area contributed by atoms with Crippen LogP contribution < -0.4 is 0 Å². The second-order valence-corrected chi connectivity index (χ2v) is 7.24.